The molecular formula is C26H33ClN6O8. The monoisotopic (exact) mass is 592 g/mol. The van der Waals surface area contributed by atoms with Crippen LogP contribution in [0, 0.1) is 0 Å². The Morgan fingerprint density at radius 1 is 1.15 bits per heavy atom. The highest BCUT2D eigenvalue weighted by Gasteiger charge is 2.60. The van der Waals surface area contributed by atoms with E-state index in [9.17, 15) is 19.5 Å². The molecule has 5 N–H and O–H groups in total. The van der Waals surface area contributed by atoms with E-state index in [1.807, 2.05) is 0 Å². The Bertz CT molecular complexity index is 1330. The summed E-state index contributed by atoms with van der Waals surface area (Å²) in [6.45, 7) is 0.468. The number of carbonyl (C=O) groups excluding carboxylic acids is 2. The molecule has 0 radical (unpaired) electrons. The summed E-state index contributed by atoms with van der Waals surface area (Å²) in [4.78, 5) is 48.7. The largest absolute Gasteiger partial charge is 0.481 e. The van der Waals surface area contributed by atoms with Crippen LogP contribution in [-0.4, -0.2) is 119 Å². The lowest BCUT2D eigenvalue weighted by molar-refractivity contribution is -0.139. The zero-order chi connectivity index (χ0) is 30.1. The van der Waals surface area contributed by atoms with Crippen molar-refractivity contribution in [2.75, 3.05) is 46.7 Å². The zero-order valence-corrected chi connectivity index (χ0v) is 23.8. The number of carboxylic acid groups (broad SMARTS) is 1. The number of benzene rings is 1. The van der Waals surface area contributed by atoms with Crippen molar-refractivity contribution in [3.05, 3.63) is 40.5 Å². The molecule has 2 saturated heterocycles. The SMILES string of the molecule is COc1ncc(C2(N3C[C@H](O)C[C@H]3C(=O)N(C)C)C(=O)Nc3ccc(Cl)cc32)c(OC)n1.O=C(O)[C@@H]1C[C@@H](O)CN1. The molecule has 3 aliphatic heterocycles. The topological polar surface area (TPSA) is 187 Å². The van der Waals surface area contributed by atoms with E-state index in [0.29, 0.717) is 34.8 Å². The molecule has 2 fully saturated rings. The highest BCUT2D eigenvalue weighted by Crippen LogP contribution is 2.51. The van der Waals surface area contributed by atoms with Gasteiger partial charge in [0.2, 0.25) is 11.8 Å². The first kappa shape index (κ1) is 30.4. The Labute approximate surface area is 241 Å². The highest BCUT2D eigenvalue weighted by molar-refractivity contribution is 6.31. The second kappa shape index (κ2) is 12.1. The molecule has 2 aromatic rings. The fourth-order valence-corrected chi connectivity index (χ4v) is 5.61. The van der Waals surface area contributed by atoms with E-state index in [2.05, 4.69) is 20.6 Å². The number of aliphatic hydroxyl groups is 2. The average molecular weight is 593 g/mol. The normalized spacial score (nSPS) is 27.0. The van der Waals surface area contributed by atoms with Gasteiger partial charge in [0.05, 0.1) is 38.0 Å². The van der Waals surface area contributed by atoms with Gasteiger partial charge in [0.25, 0.3) is 5.91 Å². The number of carboxylic acids is 1. The number of carbonyl (C=O) groups is 3. The number of rotatable bonds is 6. The van der Waals surface area contributed by atoms with Crippen LogP contribution in [0.5, 0.6) is 11.9 Å². The van der Waals surface area contributed by atoms with Gasteiger partial charge in [0.15, 0.2) is 5.54 Å². The molecule has 1 aromatic carbocycles. The number of methoxy groups -OCH3 is 2. The number of aromatic nitrogens is 2. The summed E-state index contributed by atoms with van der Waals surface area (Å²) in [5.74, 6) is -1.44. The molecule has 0 aliphatic carbocycles. The van der Waals surface area contributed by atoms with E-state index in [1.165, 1.54) is 25.3 Å². The van der Waals surface area contributed by atoms with Crippen molar-refractivity contribution in [3.63, 3.8) is 0 Å². The van der Waals surface area contributed by atoms with Gasteiger partial charge < -0.3 is 40.3 Å². The molecule has 3 aliphatic rings. The van der Waals surface area contributed by atoms with E-state index in [1.54, 1.807) is 37.2 Å². The summed E-state index contributed by atoms with van der Waals surface area (Å²) in [6.07, 6.45) is 0.645. The molecule has 5 rings (SSSR count). The van der Waals surface area contributed by atoms with Crippen molar-refractivity contribution in [2.45, 2.75) is 42.7 Å². The standard InChI is InChI=1S/C21H24ClN5O5.C5H9NO3/c1-26(2)18(29)16-8-12(28)10-27(16)21(14-9-23-20(32-4)25-17(14)31-3)13-7-11(22)5-6-15(13)24-19(21)30;7-3-1-4(5(8)9)6-2-3/h5-7,9,12,16,28H,8,10H2,1-4H3,(H,24,30);3-4,6-7H,1-2H2,(H,8,9)/t12-,16+,21?;3-,4+/m11/s1. The van der Waals surface area contributed by atoms with Crippen molar-refractivity contribution in [1.29, 1.82) is 0 Å². The van der Waals surface area contributed by atoms with E-state index >= 15 is 0 Å². The average Bonchev–Trinajstić information content (AvgIpc) is 3.63. The number of amides is 2. The van der Waals surface area contributed by atoms with E-state index < -0.39 is 41.7 Å². The smallest absolute Gasteiger partial charge is 0.320 e. The summed E-state index contributed by atoms with van der Waals surface area (Å²) in [7, 11) is 6.11. The molecule has 2 amide bonds. The van der Waals surface area contributed by atoms with Crippen LogP contribution in [0.25, 0.3) is 0 Å². The number of β-amino-alcohol motifs (C(OH)–C–C–N with tert-alkyl or cyclic N) is 2. The molecule has 15 heteroatoms. The number of nitrogens with one attached hydrogen (secondary N) is 2. The summed E-state index contributed by atoms with van der Waals surface area (Å²) in [5.41, 5.74) is -0.196. The maximum absolute atomic E-state index is 13.8. The first-order valence-electron chi connectivity index (χ1n) is 12.8. The lowest BCUT2D eigenvalue weighted by Gasteiger charge is -2.41. The summed E-state index contributed by atoms with van der Waals surface area (Å²) in [6, 6.07) is 3.78. The Morgan fingerprint density at radius 2 is 1.88 bits per heavy atom. The predicted octanol–water partition coefficient (Wildman–Crippen LogP) is -0.340. The predicted molar refractivity (Wildman–Crippen MR) is 146 cm³/mol. The summed E-state index contributed by atoms with van der Waals surface area (Å²) < 4.78 is 10.6. The third-order valence-corrected chi connectivity index (χ3v) is 7.52. The number of likely N-dealkylation sites (tertiary alicyclic amines) is 1. The maximum atomic E-state index is 13.8. The first-order valence-corrected chi connectivity index (χ1v) is 13.2. The van der Waals surface area contributed by atoms with Gasteiger partial charge >= 0.3 is 12.0 Å². The number of likely N-dealkylation sites (N-methyl/N-ethyl adjacent to an activating group) is 1. The van der Waals surface area contributed by atoms with Crippen LogP contribution in [0.1, 0.15) is 24.0 Å². The molecule has 41 heavy (non-hydrogen) atoms. The van der Waals surface area contributed by atoms with Gasteiger partial charge in [-0.25, -0.2) is 4.98 Å². The highest BCUT2D eigenvalue weighted by atomic mass is 35.5. The van der Waals surface area contributed by atoms with Gasteiger partial charge in [-0.15, -0.1) is 0 Å². The van der Waals surface area contributed by atoms with Gasteiger partial charge in [0, 0.05) is 56.1 Å². The van der Waals surface area contributed by atoms with Crippen LogP contribution < -0.4 is 20.1 Å². The van der Waals surface area contributed by atoms with Crippen LogP contribution in [0.15, 0.2) is 24.4 Å². The van der Waals surface area contributed by atoms with Crippen molar-refractivity contribution >= 4 is 35.1 Å². The van der Waals surface area contributed by atoms with Crippen molar-refractivity contribution in [2.24, 2.45) is 0 Å². The minimum Gasteiger partial charge on any atom is -0.481 e. The fourth-order valence-electron chi connectivity index (χ4n) is 5.44. The van der Waals surface area contributed by atoms with E-state index in [-0.39, 0.29) is 30.8 Å². The second-order valence-corrected chi connectivity index (χ2v) is 10.5. The van der Waals surface area contributed by atoms with E-state index in [4.69, 9.17) is 31.3 Å². The van der Waals surface area contributed by atoms with Gasteiger partial charge in [-0.05, 0) is 24.6 Å². The fraction of sp³-hybridized carbons (Fsp3) is 0.500. The van der Waals surface area contributed by atoms with Gasteiger partial charge in [-0.3, -0.25) is 19.3 Å². The molecule has 1 unspecified atom stereocenters. The first-order chi connectivity index (χ1) is 19.4. The van der Waals surface area contributed by atoms with Crippen molar-refractivity contribution in [3.8, 4) is 11.9 Å². The third kappa shape index (κ3) is 5.65. The lowest BCUT2D eigenvalue weighted by atomic mass is 9.82. The molecule has 222 valence electrons. The summed E-state index contributed by atoms with van der Waals surface area (Å²) >= 11 is 6.33. The van der Waals surface area contributed by atoms with Gasteiger partial charge in [0.1, 0.15) is 6.04 Å². The molecule has 1 aromatic heterocycles. The number of anilines is 1. The molecule has 0 saturated carbocycles. The Balaban J connectivity index is 0.000000367. The number of halogens is 1. The Kier molecular flexibility index (Phi) is 8.99. The maximum Gasteiger partial charge on any atom is 0.320 e. The van der Waals surface area contributed by atoms with E-state index in [0.717, 1.165) is 0 Å². The van der Waals surface area contributed by atoms with Crippen LogP contribution in [0.3, 0.4) is 0 Å². The van der Waals surface area contributed by atoms with Crippen LogP contribution in [0.4, 0.5) is 5.69 Å². The Hall–Kier alpha value is -3.56. The number of aliphatic hydroxyl groups excluding tert-OH is 2. The number of hydrogen-bond donors (Lipinski definition) is 5. The second-order valence-electron chi connectivity index (χ2n) is 10.1. The molecular weight excluding hydrogens is 560 g/mol. The van der Waals surface area contributed by atoms with Crippen LogP contribution in [0.2, 0.25) is 5.02 Å². The van der Waals surface area contributed by atoms with Crippen molar-refractivity contribution < 1.29 is 39.2 Å². The van der Waals surface area contributed by atoms with Gasteiger partial charge in [-0.1, -0.05) is 11.6 Å². The molecule has 14 nitrogen and oxygen atoms in total. The zero-order valence-electron chi connectivity index (χ0n) is 23.0. The summed E-state index contributed by atoms with van der Waals surface area (Å²) in [5, 5.41) is 33.7. The number of nitrogens with zero attached hydrogens (tertiary/aromatic N) is 4. The third-order valence-electron chi connectivity index (χ3n) is 7.29. The van der Waals surface area contributed by atoms with Gasteiger partial charge in [-0.2, -0.15) is 4.98 Å². The minimum atomic E-state index is -1.56. The number of fused-ring (bicyclic) bond motifs is 1. The number of hydrogen-bond acceptors (Lipinski definition) is 11. The molecule has 0 bridgehead atoms. The van der Waals surface area contributed by atoms with Crippen molar-refractivity contribution in [1.82, 2.24) is 25.1 Å². The lowest BCUT2D eigenvalue weighted by Crippen LogP contribution is -2.57. The molecule has 4 heterocycles. The minimum absolute atomic E-state index is 0.0628. The number of aliphatic carboxylic acids is 1. The van der Waals surface area contributed by atoms with Crippen LogP contribution >= 0.6 is 11.6 Å². The molecule has 5 atom stereocenters. The Morgan fingerprint density at radius 3 is 2.44 bits per heavy atom. The number of ether oxygens (including phenoxy) is 2. The quantitative estimate of drug-likeness (QED) is 0.294. The molecule has 0 spiro atoms. The van der Waals surface area contributed by atoms with Crippen LogP contribution in [-0.2, 0) is 19.9 Å².